The van der Waals surface area contributed by atoms with E-state index in [2.05, 4.69) is 32.6 Å². The molecule has 2 aromatic rings. The van der Waals surface area contributed by atoms with E-state index in [-0.39, 0.29) is 22.4 Å². The summed E-state index contributed by atoms with van der Waals surface area (Å²) in [7, 11) is 1.68. The number of nitrogens with zero attached hydrogens (tertiary/aromatic N) is 1. The maximum atomic E-state index is 14.0. The van der Waals surface area contributed by atoms with Crippen molar-refractivity contribution in [3.05, 3.63) is 86.2 Å². The average Bonchev–Trinajstić information content (AvgIpc) is 2.85. The molecule has 3 aliphatic rings. The van der Waals surface area contributed by atoms with Gasteiger partial charge in [0.1, 0.15) is 12.4 Å². The number of allylic oxidation sites excluding steroid dienone is 4. The number of carbonyl (C=O) groups excluding carboxylic acids is 2. The molecule has 0 N–H and O–H groups in total. The van der Waals surface area contributed by atoms with Gasteiger partial charge in [-0.05, 0) is 59.6 Å². The highest BCUT2D eigenvalue weighted by atomic mass is 35.5. The van der Waals surface area contributed by atoms with Crippen LogP contribution in [0.25, 0.3) is 0 Å². The standard InChI is InChI=1S/C33H37Cl2NO4/c1-32(2)15-24-30(26(37)17-32)29(31-25(36(24)11-12-39-5)16-33(3,4)18-27(31)38)23-14-22(35)9-10-28(23)40-19-20-7-6-8-21(34)13-20/h6-10,13-14,29H,11-12,15-19H2,1-5H3. The Kier molecular flexibility index (Phi) is 7.95. The lowest BCUT2D eigenvalue weighted by atomic mass is 9.63. The van der Waals surface area contributed by atoms with Crippen molar-refractivity contribution in [2.75, 3.05) is 20.3 Å². The van der Waals surface area contributed by atoms with Crippen molar-refractivity contribution in [2.24, 2.45) is 10.8 Å². The van der Waals surface area contributed by atoms with Gasteiger partial charge in [-0.1, -0.05) is 63.0 Å². The second kappa shape index (κ2) is 11.0. The summed E-state index contributed by atoms with van der Waals surface area (Å²) in [6.07, 6.45) is 2.31. The minimum atomic E-state index is -0.538. The first kappa shape index (κ1) is 28.9. The topological polar surface area (TPSA) is 55.8 Å². The number of ether oxygens (including phenoxy) is 2. The Hall–Kier alpha value is -2.60. The molecule has 2 aliphatic carbocycles. The highest BCUT2D eigenvalue weighted by molar-refractivity contribution is 6.31. The monoisotopic (exact) mass is 581 g/mol. The van der Waals surface area contributed by atoms with Gasteiger partial charge in [0.05, 0.1) is 6.61 Å². The Morgan fingerprint density at radius 3 is 2.02 bits per heavy atom. The second-order valence-corrected chi connectivity index (χ2v) is 13.7. The van der Waals surface area contributed by atoms with E-state index < -0.39 is 5.92 Å². The minimum Gasteiger partial charge on any atom is -0.489 e. The van der Waals surface area contributed by atoms with Gasteiger partial charge in [0, 0.05) is 70.6 Å². The molecule has 0 bridgehead atoms. The second-order valence-electron chi connectivity index (χ2n) is 12.8. The number of hydrogen-bond donors (Lipinski definition) is 0. The number of benzene rings is 2. The van der Waals surface area contributed by atoms with Crippen molar-refractivity contribution in [1.82, 2.24) is 4.90 Å². The molecule has 0 saturated heterocycles. The summed E-state index contributed by atoms with van der Waals surface area (Å²) in [5.41, 5.74) is 4.66. The Bertz CT molecular complexity index is 1370. The van der Waals surface area contributed by atoms with Crippen molar-refractivity contribution in [3.8, 4) is 5.75 Å². The van der Waals surface area contributed by atoms with Gasteiger partial charge in [0.2, 0.25) is 0 Å². The van der Waals surface area contributed by atoms with Crippen LogP contribution in [0.5, 0.6) is 5.75 Å². The van der Waals surface area contributed by atoms with Crippen molar-refractivity contribution in [3.63, 3.8) is 0 Å². The summed E-state index contributed by atoms with van der Waals surface area (Å²) in [4.78, 5) is 30.3. The minimum absolute atomic E-state index is 0.0728. The molecule has 0 radical (unpaired) electrons. The summed E-state index contributed by atoms with van der Waals surface area (Å²) < 4.78 is 11.9. The molecule has 212 valence electrons. The lowest BCUT2D eigenvalue weighted by molar-refractivity contribution is -0.119. The smallest absolute Gasteiger partial charge is 0.162 e. The van der Waals surface area contributed by atoms with Crippen LogP contribution in [-0.4, -0.2) is 36.7 Å². The van der Waals surface area contributed by atoms with Crippen LogP contribution in [0, 0.1) is 10.8 Å². The number of rotatable bonds is 7. The quantitative estimate of drug-likeness (QED) is 0.332. The normalized spacial score (nSPS) is 20.5. The van der Waals surface area contributed by atoms with E-state index in [4.69, 9.17) is 32.7 Å². The van der Waals surface area contributed by atoms with Crippen LogP contribution in [0.1, 0.15) is 70.4 Å². The van der Waals surface area contributed by atoms with E-state index in [9.17, 15) is 9.59 Å². The van der Waals surface area contributed by atoms with Crippen molar-refractivity contribution in [2.45, 2.75) is 65.9 Å². The molecule has 0 unspecified atom stereocenters. The molecule has 1 heterocycles. The summed E-state index contributed by atoms with van der Waals surface area (Å²) >= 11 is 12.8. The molecule has 5 nitrogen and oxygen atoms in total. The number of ketones is 2. The Morgan fingerprint density at radius 2 is 1.45 bits per heavy atom. The number of Topliss-reactive ketones (excluding diaryl/α,β-unsaturated/α-hetero) is 2. The molecule has 40 heavy (non-hydrogen) atoms. The van der Waals surface area contributed by atoms with Crippen LogP contribution in [0.3, 0.4) is 0 Å². The van der Waals surface area contributed by atoms with Gasteiger partial charge in [-0.15, -0.1) is 0 Å². The fourth-order valence-corrected chi connectivity index (χ4v) is 6.87. The lowest BCUT2D eigenvalue weighted by Gasteiger charge is -2.49. The molecule has 1 aliphatic heterocycles. The van der Waals surface area contributed by atoms with Gasteiger partial charge in [-0.2, -0.15) is 0 Å². The van der Waals surface area contributed by atoms with Crippen LogP contribution in [0.15, 0.2) is 65.0 Å². The van der Waals surface area contributed by atoms with Crippen LogP contribution in [0.4, 0.5) is 0 Å². The SMILES string of the molecule is COCCN1C2=C(C(=O)CC(C)(C)C2)C(c2cc(Cl)ccc2OCc2cccc(Cl)c2)C2=C1CC(C)(C)CC2=O. The number of carbonyl (C=O) groups is 2. The third kappa shape index (κ3) is 5.74. The largest absolute Gasteiger partial charge is 0.489 e. The van der Waals surface area contributed by atoms with E-state index in [1.165, 1.54) is 0 Å². The third-order valence-electron chi connectivity index (χ3n) is 8.11. The molecule has 2 aromatic carbocycles. The Labute approximate surface area is 247 Å². The maximum absolute atomic E-state index is 14.0. The zero-order chi connectivity index (χ0) is 28.8. The zero-order valence-corrected chi connectivity index (χ0v) is 25.4. The highest BCUT2D eigenvalue weighted by Gasteiger charge is 2.49. The first-order valence-corrected chi connectivity index (χ1v) is 14.6. The summed E-state index contributed by atoms with van der Waals surface area (Å²) in [5, 5.41) is 1.17. The molecule has 0 spiro atoms. The lowest BCUT2D eigenvalue weighted by Crippen LogP contribution is -2.45. The van der Waals surface area contributed by atoms with Gasteiger partial charge >= 0.3 is 0 Å². The molecule has 0 atom stereocenters. The Balaban J connectivity index is 1.70. The summed E-state index contributed by atoms with van der Waals surface area (Å²) in [5.74, 6) is 0.213. The van der Waals surface area contributed by atoms with E-state index in [1.807, 2.05) is 36.4 Å². The van der Waals surface area contributed by atoms with E-state index in [0.717, 1.165) is 35.4 Å². The predicted octanol–water partition coefficient (Wildman–Crippen LogP) is 7.90. The molecule has 0 amide bonds. The molecule has 5 rings (SSSR count). The van der Waals surface area contributed by atoms with Crippen molar-refractivity contribution in [1.29, 1.82) is 0 Å². The van der Waals surface area contributed by atoms with Crippen molar-refractivity contribution < 1.29 is 19.1 Å². The van der Waals surface area contributed by atoms with Crippen LogP contribution < -0.4 is 4.74 Å². The van der Waals surface area contributed by atoms with E-state index >= 15 is 0 Å². The maximum Gasteiger partial charge on any atom is 0.162 e. The van der Waals surface area contributed by atoms with Gasteiger partial charge < -0.3 is 14.4 Å². The predicted molar refractivity (Wildman–Crippen MR) is 159 cm³/mol. The van der Waals surface area contributed by atoms with Crippen LogP contribution >= 0.6 is 23.2 Å². The number of methoxy groups -OCH3 is 1. The molecule has 0 fully saturated rings. The van der Waals surface area contributed by atoms with Crippen molar-refractivity contribution >= 4 is 34.8 Å². The molecular weight excluding hydrogens is 545 g/mol. The van der Waals surface area contributed by atoms with Crippen LogP contribution in [-0.2, 0) is 20.9 Å². The molecule has 7 heteroatoms. The number of halogens is 2. The van der Waals surface area contributed by atoms with Gasteiger partial charge in [-0.3, -0.25) is 9.59 Å². The zero-order valence-electron chi connectivity index (χ0n) is 23.9. The van der Waals surface area contributed by atoms with E-state index in [1.54, 1.807) is 13.2 Å². The van der Waals surface area contributed by atoms with Gasteiger partial charge in [-0.25, -0.2) is 0 Å². The van der Waals surface area contributed by atoms with E-state index in [0.29, 0.717) is 59.5 Å². The van der Waals surface area contributed by atoms with Gasteiger partial charge in [0.25, 0.3) is 0 Å². The summed E-state index contributed by atoms with van der Waals surface area (Å²) in [6.45, 7) is 9.91. The fourth-order valence-electron chi connectivity index (χ4n) is 6.48. The molecule has 0 aromatic heterocycles. The Morgan fingerprint density at radius 1 is 0.850 bits per heavy atom. The highest BCUT2D eigenvalue weighted by Crippen LogP contribution is 2.55. The molecule has 0 saturated carbocycles. The average molecular weight is 583 g/mol. The van der Waals surface area contributed by atoms with Gasteiger partial charge in [0.15, 0.2) is 11.6 Å². The first-order valence-electron chi connectivity index (χ1n) is 13.8. The van der Waals surface area contributed by atoms with Crippen LogP contribution in [0.2, 0.25) is 10.0 Å². The summed E-state index contributed by atoms with van der Waals surface area (Å²) in [6, 6.07) is 13.0. The fraction of sp³-hybridized carbons (Fsp3) is 0.455. The third-order valence-corrected chi connectivity index (χ3v) is 8.58. The number of hydrogen-bond acceptors (Lipinski definition) is 5. The molecular formula is C33H37Cl2NO4. The first-order chi connectivity index (χ1) is 18.9.